The molecule has 0 saturated heterocycles. The second-order valence-electron chi connectivity index (χ2n) is 6.90. The van der Waals surface area contributed by atoms with Gasteiger partial charge >= 0.3 is 11.9 Å². The maximum Gasteiger partial charge on any atom is 0.325 e. The fourth-order valence-corrected chi connectivity index (χ4v) is 2.27. The van der Waals surface area contributed by atoms with Crippen molar-refractivity contribution in [3.63, 3.8) is 0 Å². The Labute approximate surface area is 177 Å². The van der Waals surface area contributed by atoms with Crippen LogP contribution >= 0.6 is 0 Å². The second-order valence-corrected chi connectivity index (χ2v) is 6.90. The lowest BCUT2D eigenvalue weighted by molar-refractivity contribution is -0.142. The molecule has 5 unspecified atom stereocenters. The molecule has 0 heterocycles. The molecule has 0 aliphatic heterocycles. The van der Waals surface area contributed by atoms with E-state index >= 15 is 0 Å². The van der Waals surface area contributed by atoms with Gasteiger partial charge in [0.1, 0.15) is 18.1 Å². The normalized spacial score (nSPS) is 15.5. The molecule has 10 N–H and O–H groups in total. The molecule has 0 aromatic rings. The minimum absolute atomic E-state index is 0.111. The third-order valence-electron chi connectivity index (χ3n) is 4.11. The van der Waals surface area contributed by atoms with Gasteiger partial charge in [0.2, 0.25) is 23.6 Å². The summed E-state index contributed by atoms with van der Waals surface area (Å²) in [6, 6.07) is -5.53. The molecule has 0 aliphatic carbocycles. The monoisotopic (exact) mass is 447 g/mol. The van der Waals surface area contributed by atoms with Gasteiger partial charge < -0.3 is 42.7 Å². The Morgan fingerprint density at radius 2 is 1.42 bits per heavy atom. The van der Waals surface area contributed by atoms with Crippen LogP contribution in [0.25, 0.3) is 0 Å². The highest BCUT2D eigenvalue weighted by Gasteiger charge is 2.32. The van der Waals surface area contributed by atoms with Crippen molar-refractivity contribution in [3.05, 3.63) is 0 Å². The molecule has 14 nitrogen and oxygen atoms in total. The van der Waals surface area contributed by atoms with E-state index in [4.69, 9.17) is 21.7 Å². The highest BCUT2D eigenvalue weighted by molar-refractivity contribution is 5.94. The molecule has 0 aromatic carbocycles. The van der Waals surface area contributed by atoms with Crippen LogP contribution in [-0.2, 0) is 28.8 Å². The molecule has 0 fully saturated rings. The van der Waals surface area contributed by atoms with Gasteiger partial charge in [-0.2, -0.15) is 0 Å². The number of nitrogens with two attached hydrogens (primary N) is 2. The standard InChI is InChI=1S/C17H29N5O9/c1-7(17(30)31)20-16(29)13(8(2)23)22-15(28)10(4-6-12(25)26)21-14(27)9(18)3-5-11(19)24/h7-10,13,23H,3-6,18H2,1-2H3,(H2,19,24)(H,20,29)(H,21,27)(H,22,28)(H,25,26)(H,30,31). The number of carbonyl (C=O) groups is 6. The summed E-state index contributed by atoms with van der Waals surface area (Å²) in [5, 5.41) is 34.0. The first-order chi connectivity index (χ1) is 14.3. The Morgan fingerprint density at radius 3 is 1.87 bits per heavy atom. The number of hydrogen-bond donors (Lipinski definition) is 8. The summed E-state index contributed by atoms with van der Waals surface area (Å²) in [4.78, 5) is 69.5. The van der Waals surface area contributed by atoms with E-state index in [0.717, 1.165) is 0 Å². The number of carboxylic acids is 2. The minimum atomic E-state index is -1.58. The predicted octanol–water partition coefficient (Wildman–Crippen LogP) is -3.62. The number of carboxylic acid groups (broad SMARTS) is 2. The van der Waals surface area contributed by atoms with Crippen molar-refractivity contribution in [2.45, 2.75) is 69.8 Å². The smallest absolute Gasteiger partial charge is 0.325 e. The van der Waals surface area contributed by atoms with Gasteiger partial charge in [0.05, 0.1) is 12.1 Å². The Balaban J connectivity index is 5.32. The van der Waals surface area contributed by atoms with Crippen molar-refractivity contribution in [1.82, 2.24) is 16.0 Å². The van der Waals surface area contributed by atoms with Crippen LogP contribution in [0, 0.1) is 0 Å². The van der Waals surface area contributed by atoms with E-state index in [1.54, 1.807) is 0 Å². The van der Waals surface area contributed by atoms with Crippen molar-refractivity contribution in [3.8, 4) is 0 Å². The van der Waals surface area contributed by atoms with E-state index < -0.39 is 72.3 Å². The number of carbonyl (C=O) groups excluding carboxylic acids is 4. The third kappa shape index (κ3) is 10.9. The second kappa shape index (κ2) is 13.1. The number of rotatable bonds is 14. The van der Waals surface area contributed by atoms with Gasteiger partial charge in [-0.3, -0.25) is 28.8 Å². The lowest BCUT2D eigenvalue weighted by Crippen LogP contribution is -2.59. The van der Waals surface area contributed by atoms with E-state index in [9.17, 15) is 33.9 Å². The number of hydrogen-bond acceptors (Lipinski definition) is 8. The van der Waals surface area contributed by atoms with E-state index in [2.05, 4.69) is 16.0 Å². The molecule has 0 aromatic heterocycles. The van der Waals surface area contributed by atoms with Crippen LogP contribution < -0.4 is 27.4 Å². The maximum absolute atomic E-state index is 12.6. The molecule has 176 valence electrons. The molecule has 14 heteroatoms. The molecule has 4 amide bonds. The van der Waals surface area contributed by atoms with Crippen molar-refractivity contribution in [1.29, 1.82) is 0 Å². The predicted molar refractivity (Wildman–Crippen MR) is 104 cm³/mol. The van der Waals surface area contributed by atoms with Crippen LogP contribution in [0.4, 0.5) is 0 Å². The third-order valence-corrected chi connectivity index (χ3v) is 4.11. The molecule has 0 bridgehead atoms. The summed E-state index contributed by atoms with van der Waals surface area (Å²) in [5.74, 6) is -6.15. The molecule has 0 spiro atoms. The van der Waals surface area contributed by atoms with Gasteiger partial charge in [-0.25, -0.2) is 0 Å². The van der Waals surface area contributed by atoms with Crippen molar-refractivity contribution in [2.75, 3.05) is 0 Å². The Bertz CT molecular complexity index is 697. The fraction of sp³-hybridized carbons (Fsp3) is 0.647. The van der Waals surface area contributed by atoms with Crippen LogP contribution in [0.3, 0.4) is 0 Å². The Morgan fingerprint density at radius 1 is 0.839 bits per heavy atom. The lowest BCUT2D eigenvalue weighted by Gasteiger charge is -2.25. The number of aliphatic hydroxyl groups is 1. The van der Waals surface area contributed by atoms with Crippen LogP contribution in [-0.4, -0.2) is 81.2 Å². The number of aliphatic carboxylic acids is 2. The summed E-state index contributed by atoms with van der Waals surface area (Å²) in [6.45, 7) is 2.34. The van der Waals surface area contributed by atoms with Crippen LogP contribution in [0.2, 0.25) is 0 Å². The number of amides is 4. The average Bonchev–Trinajstić information content (AvgIpc) is 2.65. The van der Waals surface area contributed by atoms with Gasteiger partial charge in [-0.1, -0.05) is 0 Å². The fourth-order valence-electron chi connectivity index (χ4n) is 2.27. The number of nitrogens with one attached hydrogen (secondary N) is 3. The highest BCUT2D eigenvalue weighted by Crippen LogP contribution is 2.04. The Hall–Kier alpha value is -3.26. The largest absolute Gasteiger partial charge is 0.481 e. The highest BCUT2D eigenvalue weighted by atomic mass is 16.4. The van der Waals surface area contributed by atoms with E-state index in [-0.39, 0.29) is 19.3 Å². The van der Waals surface area contributed by atoms with Gasteiger partial charge in [-0.05, 0) is 26.7 Å². The number of aliphatic hydroxyl groups excluding tert-OH is 1. The van der Waals surface area contributed by atoms with E-state index in [1.807, 2.05) is 0 Å². The summed E-state index contributed by atoms with van der Waals surface area (Å²) < 4.78 is 0. The van der Waals surface area contributed by atoms with E-state index in [0.29, 0.717) is 0 Å². The first kappa shape index (κ1) is 27.7. The minimum Gasteiger partial charge on any atom is -0.481 e. The molecule has 31 heavy (non-hydrogen) atoms. The zero-order valence-corrected chi connectivity index (χ0v) is 17.2. The zero-order chi connectivity index (χ0) is 24.3. The van der Waals surface area contributed by atoms with Crippen molar-refractivity contribution < 1.29 is 44.1 Å². The summed E-state index contributed by atoms with van der Waals surface area (Å²) in [5.41, 5.74) is 10.6. The average molecular weight is 447 g/mol. The van der Waals surface area contributed by atoms with Gasteiger partial charge in [0, 0.05) is 12.8 Å². The van der Waals surface area contributed by atoms with Crippen molar-refractivity contribution >= 4 is 35.6 Å². The van der Waals surface area contributed by atoms with Crippen LogP contribution in [0.15, 0.2) is 0 Å². The van der Waals surface area contributed by atoms with Gasteiger partial charge in [-0.15, -0.1) is 0 Å². The maximum atomic E-state index is 12.6. The first-order valence-electron chi connectivity index (χ1n) is 9.33. The van der Waals surface area contributed by atoms with E-state index in [1.165, 1.54) is 13.8 Å². The molecular weight excluding hydrogens is 418 g/mol. The molecule has 5 atom stereocenters. The van der Waals surface area contributed by atoms with Gasteiger partial charge in [0.15, 0.2) is 0 Å². The molecule has 0 aliphatic rings. The van der Waals surface area contributed by atoms with Gasteiger partial charge in [0.25, 0.3) is 0 Å². The topological polar surface area (TPSA) is 251 Å². The summed E-state index contributed by atoms with van der Waals surface area (Å²) in [6.07, 6.45) is -2.63. The summed E-state index contributed by atoms with van der Waals surface area (Å²) >= 11 is 0. The first-order valence-corrected chi connectivity index (χ1v) is 9.33. The van der Waals surface area contributed by atoms with Crippen LogP contribution in [0.1, 0.15) is 39.5 Å². The summed E-state index contributed by atoms with van der Waals surface area (Å²) in [7, 11) is 0. The Kier molecular flexibility index (Phi) is 11.7. The lowest BCUT2D eigenvalue weighted by atomic mass is 10.1. The molecule has 0 saturated carbocycles. The number of primary amides is 1. The van der Waals surface area contributed by atoms with Crippen molar-refractivity contribution in [2.24, 2.45) is 11.5 Å². The molecular formula is C17H29N5O9. The molecule has 0 radical (unpaired) electrons. The van der Waals surface area contributed by atoms with Crippen LogP contribution in [0.5, 0.6) is 0 Å². The molecule has 0 rings (SSSR count). The quantitative estimate of drug-likeness (QED) is 0.130. The SMILES string of the molecule is CC(NC(=O)C(NC(=O)C(CCC(=O)O)NC(=O)C(N)CCC(N)=O)C(C)O)C(=O)O. The zero-order valence-electron chi connectivity index (χ0n) is 17.2.